The molecule has 14 heavy (non-hydrogen) atoms. The van der Waals surface area contributed by atoms with Gasteiger partial charge < -0.3 is 5.11 Å². The molecule has 0 heterocycles. The number of ketones is 1. The maximum Gasteiger partial charge on any atom is 0.192 e. The fraction of sp³-hybridized carbons (Fsp3) is 0.100. The number of nitrogens with zero attached hydrogens (tertiary/aromatic N) is 1. The Hall–Kier alpha value is -1.97. The maximum absolute atomic E-state index is 10.9. The molecule has 72 valence electrons. The number of aliphatic hydroxyl groups is 1. The second kappa shape index (κ2) is 4.32. The summed E-state index contributed by atoms with van der Waals surface area (Å²) in [6, 6.07) is 8.31. The first-order chi connectivity index (χ1) is 6.66. The molecular weight excluding hydrogens is 182 g/mol. The Morgan fingerprint density at radius 2 is 1.86 bits per heavy atom. The third-order valence-corrected chi connectivity index (χ3v) is 1.70. The fourth-order valence-electron chi connectivity index (χ4n) is 1.01. The van der Waals surface area contributed by atoms with Gasteiger partial charge in [-0.3, -0.25) is 4.79 Å². The van der Waals surface area contributed by atoms with Crippen LogP contribution < -0.4 is 0 Å². The normalized spacial score (nSPS) is 11.8. The topological polar surface area (TPSA) is 66.7 Å². The van der Waals surface area contributed by atoms with Gasteiger partial charge in [-0.2, -0.15) is 0 Å². The molecule has 1 rings (SSSR count). The van der Waals surface area contributed by atoms with E-state index in [0.29, 0.717) is 5.56 Å². The molecule has 0 saturated heterocycles. The molecule has 4 nitrogen and oxygen atoms in total. The van der Waals surface area contributed by atoms with Gasteiger partial charge in [0.1, 0.15) is 0 Å². The molecule has 0 amide bonds. The summed E-state index contributed by atoms with van der Waals surface area (Å²) in [6.45, 7) is 1.18. The number of carbonyl (C=O) groups is 1. The molecule has 0 aliphatic carbocycles. The van der Waals surface area contributed by atoms with Gasteiger partial charge in [0, 0.05) is 12.5 Å². The van der Waals surface area contributed by atoms with Crippen LogP contribution in [0.2, 0.25) is 0 Å². The molecule has 0 bridgehead atoms. The lowest BCUT2D eigenvalue weighted by Crippen LogP contribution is -1.98. The Balaban J connectivity index is 3.21. The number of Topliss-reactive ketones (excluding diaryl/α,β-unsaturated/α-hetero) is 1. The van der Waals surface area contributed by atoms with E-state index < -0.39 is 11.5 Å². The lowest BCUT2D eigenvalue weighted by molar-refractivity contribution is -0.113. The number of carbonyl (C=O) groups excluding carboxylic acids is 1. The van der Waals surface area contributed by atoms with Crippen LogP contribution in [0.15, 0.2) is 41.2 Å². The summed E-state index contributed by atoms with van der Waals surface area (Å²) < 4.78 is 0. The third-order valence-electron chi connectivity index (χ3n) is 1.70. The van der Waals surface area contributed by atoms with Gasteiger partial charge in [0.25, 0.3) is 0 Å². The highest BCUT2D eigenvalue weighted by atomic mass is 16.3. The number of nitroso groups, excluding NO2 is 1. The van der Waals surface area contributed by atoms with E-state index in [1.807, 2.05) is 0 Å². The number of benzene rings is 1. The second-order valence-corrected chi connectivity index (χ2v) is 2.71. The first-order valence-electron chi connectivity index (χ1n) is 3.99. The summed E-state index contributed by atoms with van der Waals surface area (Å²) in [6.07, 6.45) is 0. The van der Waals surface area contributed by atoms with Crippen LogP contribution in [0.5, 0.6) is 0 Å². The molecule has 0 saturated carbocycles. The number of rotatable bonds is 3. The Morgan fingerprint density at radius 3 is 2.29 bits per heavy atom. The van der Waals surface area contributed by atoms with E-state index in [9.17, 15) is 14.8 Å². The number of hydrogen-bond donors (Lipinski definition) is 1. The average Bonchev–Trinajstić information content (AvgIpc) is 2.19. The van der Waals surface area contributed by atoms with E-state index in [1.165, 1.54) is 6.92 Å². The highest BCUT2D eigenvalue weighted by molar-refractivity contribution is 5.99. The van der Waals surface area contributed by atoms with Crippen LogP contribution in [0.25, 0.3) is 5.76 Å². The molecule has 0 unspecified atom stereocenters. The van der Waals surface area contributed by atoms with Crippen LogP contribution in [-0.4, -0.2) is 10.9 Å². The van der Waals surface area contributed by atoms with E-state index in [2.05, 4.69) is 5.18 Å². The molecule has 0 aliphatic heterocycles. The van der Waals surface area contributed by atoms with Crippen LogP contribution >= 0.6 is 0 Å². The zero-order chi connectivity index (χ0) is 10.6. The van der Waals surface area contributed by atoms with Crippen LogP contribution in [0, 0.1) is 4.91 Å². The second-order valence-electron chi connectivity index (χ2n) is 2.71. The molecular formula is C10H9NO3. The van der Waals surface area contributed by atoms with Crippen LogP contribution in [0.4, 0.5) is 0 Å². The minimum Gasteiger partial charge on any atom is -0.505 e. The van der Waals surface area contributed by atoms with Gasteiger partial charge >= 0.3 is 0 Å². The molecule has 1 aromatic carbocycles. The van der Waals surface area contributed by atoms with Crippen molar-refractivity contribution in [2.45, 2.75) is 6.92 Å². The molecule has 4 heteroatoms. The Kier molecular flexibility index (Phi) is 3.12. The predicted molar refractivity (Wildman–Crippen MR) is 52.5 cm³/mol. The molecule has 1 aromatic rings. The smallest absolute Gasteiger partial charge is 0.192 e. The van der Waals surface area contributed by atoms with Crippen LogP contribution in [0.1, 0.15) is 12.5 Å². The van der Waals surface area contributed by atoms with Gasteiger partial charge in [-0.15, -0.1) is 4.91 Å². The molecule has 0 fully saturated rings. The highest BCUT2D eigenvalue weighted by Gasteiger charge is 2.12. The highest BCUT2D eigenvalue weighted by Crippen LogP contribution is 2.16. The molecule has 1 N–H and O–H groups in total. The van der Waals surface area contributed by atoms with Crippen molar-refractivity contribution in [2.24, 2.45) is 5.18 Å². The summed E-state index contributed by atoms with van der Waals surface area (Å²) in [5.74, 6) is -0.936. The van der Waals surface area contributed by atoms with Gasteiger partial charge in [-0.1, -0.05) is 30.3 Å². The minimum absolute atomic E-state index is 0.381. The summed E-state index contributed by atoms with van der Waals surface area (Å²) >= 11 is 0. The van der Waals surface area contributed by atoms with E-state index in [4.69, 9.17) is 0 Å². The fourth-order valence-corrected chi connectivity index (χ4v) is 1.01. The van der Waals surface area contributed by atoms with Crippen molar-refractivity contribution in [3.63, 3.8) is 0 Å². The van der Waals surface area contributed by atoms with Crippen molar-refractivity contribution in [3.8, 4) is 0 Å². The van der Waals surface area contributed by atoms with Crippen molar-refractivity contribution in [3.05, 3.63) is 46.5 Å². The summed E-state index contributed by atoms with van der Waals surface area (Å²) in [5.41, 5.74) is -0.0477. The summed E-state index contributed by atoms with van der Waals surface area (Å²) in [5, 5.41) is 12.0. The van der Waals surface area contributed by atoms with Gasteiger partial charge in [0.2, 0.25) is 0 Å². The van der Waals surface area contributed by atoms with Gasteiger partial charge in [0.05, 0.1) is 0 Å². The molecule has 0 radical (unpaired) electrons. The Morgan fingerprint density at radius 1 is 1.29 bits per heavy atom. The SMILES string of the molecule is CC(=O)C(N=O)=C(O)c1ccccc1. The zero-order valence-electron chi connectivity index (χ0n) is 7.60. The first-order valence-corrected chi connectivity index (χ1v) is 3.99. The van der Waals surface area contributed by atoms with Crippen LogP contribution in [0.3, 0.4) is 0 Å². The lowest BCUT2D eigenvalue weighted by Gasteiger charge is -2.00. The van der Waals surface area contributed by atoms with Crippen LogP contribution in [-0.2, 0) is 4.79 Å². The van der Waals surface area contributed by atoms with Gasteiger partial charge in [-0.05, 0) is 5.18 Å². The van der Waals surface area contributed by atoms with Gasteiger partial charge in [0.15, 0.2) is 17.2 Å². The lowest BCUT2D eigenvalue weighted by atomic mass is 10.1. The molecule has 0 spiro atoms. The summed E-state index contributed by atoms with van der Waals surface area (Å²) in [4.78, 5) is 21.2. The van der Waals surface area contributed by atoms with E-state index >= 15 is 0 Å². The summed E-state index contributed by atoms with van der Waals surface area (Å²) in [7, 11) is 0. The average molecular weight is 191 g/mol. The first kappa shape index (κ1) is 10.1. The van der Waals surface area contributed by atoms with E-state index in [-0.39, 0.29) is 5.76 Å². The Bertz CT molecular complexity index is 382. The maximum atomic E-state index is 10.9. The number of aliphatic hydroxyl groups excluding tert-OH is 1. The number of allylic oxidation sites excluding steroid dienone is 1. The standard InChI is InChI=1S/C10H9NO3/c1-7(12)9(11-14)10(13)8-5-3-2-4-6-8/h2-6,13H,1H3. The number of hydrogen-bond acceptors (Lipinski definition) is 4. The predicted octanol–water partition coefficient (Wildman–Crippen LogP) is 2.27. The molecule has 0 atom stereocenters. The monoisotopic (exact) mass is 191 g/mol. The van der Waals surface area contributed by atoms with E-state index in [0.717, 1.165) is 0 Å². The van der Waals surface area contributed by atoms with Crippen molar-refractivity contribution >= 4 is 11.5 Å². The Labute approximate surface area is 80.9 Å². The quantitative estimate of drug-likeness (QED) is 0.452. The van der Waals surface area contributed by atoms with Crippen molar-refractivity contribution < 1.29 is 9.90 Å². The minimum atomic E-state index is -0.554. The molecule has 0 aromatic heterocycles. The third kappa shape index (κ3) is 2.04. The largest absolute Gasteiger partial charge is 0.505 e. The van der Waals surface area contributed by atoms with Crippen molar-refractivity contribution in [2.75, 3.05) is 0 Å². The van der Waals surface area contributed by atoms with Crippen molar-refractivity contribution in [1.29, 1.82) is 0 Å². The van der Waals surface area contributed by atoms with Crippen molar-refractivity contribution in [1.82, 2.24) is 0 Å². The molecule has 0 aliphatic rings. The van der Waals surface area contributed by atoms with Gasteiger partial charge in [-0.25, -0.2) is 0 Å². The van der Waals surface area contributed by atoms with E-state index in [1.54, 1.807) is 30.3 Å². The zero-order valence-corrected chi connectivity index (χ0v) is 7.60.